The highest BCUT2D eigenvalue weighted by Gasteiger charge is 2.34. The van der Waals surface area contributed by atoms with Crippen molar-refractivity contribution < 1.29 is 9.59 Å². The Balaban J connectivity index is 1.87. The number of nitrogens with one attached hydrogen (secondary N) is 1. The summed E-state index contributed by atoms with van der Waals surface area (Å²) in [7, 11) is 0. The number of nitrogens with two attached hydrogens (primary N) is 1. The predicted molar refractivity (Wildman–Crippen MR) is 72.4 cm³/mol. The maximum absolute atomic E-state index is 12.2. The molecule has 2 heterocycles. The number of carbonyl (C=O) groups excluding carboxylic acids is 2. The van der Waals surface area contributed by atoms with Gasteiger partial charge >= 0.3 is 0 Å². The summed E-state index contributed by atoms with van der Waals surface area (Å²) < 4.78 is 0. The number of likely N-dealkylation sites (tertiary alicyclic amines) is 1. The van der Waals surface area contributed by atoms with Gasteiger partial charge in [-0.05, 0) is 11.8 Å². The first-order valence-electron chi connectivity index (χ1n) is 6.91. The van der Waals surface area contributed by atoms with Gasteiger partial charge in [0.2, 0.25) is 11.8 Å². The second-order valence-electron chi connectivity index (χ2n) is 6.26. The molecule has 19 heavy (non-hydrogen) atoms. The molecule has 1 unspecified atom stereocenters. The number of rotatable bonds is 2. The number of nitrogens with zero attached hydrogens (tertiary/aromatic N) is 2. The van der Waals surface area contributed by atoms with Crippen molar-refractivity contribution in [3.8, 4) is 0 Å². The molecule has 2 aliphatic heterocycles. The van der Waals surface area contributed by atoms with Gasteiger partial charge in [0.05, 0.1) is 13.1 Å². The van der Waals surface area contributed by atoms with Gasteiger partial charge in [-0.15, -0.1) is 0 Å². The Morgan fingerprint density at radius 2 is 2.21 bits per heavy atom. The van der Waals surface area contributed by atoms with Crippen LogP contribution in [0.15, 0.2) is 0 Å². The van der Waals surface area contributed by atoms with E-state index in [4.69, 9.17) is 5.73 Å². The first-order valence-corrected chi connectivity index (χ1v) is 6.91. The zero-order chi connectivity index (χ0) is 14.0. The zero-order valence-electron chi connectivity index (χ0n) is 11.8. The van der Waals surface area contributed by atoms with Crippen molar-refractivity contribution in [1.29, 1.82) is 0 Å². The third kappa shape index (κ3) is 3.45. The molecule has 0 aromatic rings. The van der Waals surface area contributed by atoms with Crippen molar-refractivity contribution in [2.24, 2.45) is 11.1 Å². The average Bonchev–Trinajstić information content (AvgIpc) is 2.33. The number of piperidine rings is 1. The molecule has 0 saturated carbocycles. The lowest BCUT2D eigenvalue weighted by Crippen LogP contribution is -2.56. The molecule has 2 fully saturated rings. The van der Waals surface area contributed by atoms with Gasteiger partial charge in [0.1, 0.15) is 0 Å². The molecule has 2 aliphatic rings. The van der Waals surface area contributed by atoms with Crippen molar-refractivity contribution in [2.75, 3.05) is 39.3 Å². The van der Waals surface area contributed by atoms with Gasteiger partial charge in [-0.1, -0.05) is 13.8 Å². The monoisotopic (exact) mass is 268 g/mol. The van der Waals surface area contributed by atoms with E-state index in [2.05, 4.69) is 24.1 Å². The summed E-state index contributed by atoms with van der Waals surface area (Å²) in [6.07, 6.45) is 0.917. The Bertz CT molecular complexity index is 370. The number of hydrogen-bond donors (Lipinski definition) is 2. The summed E-state index contributed by atoms with van der Waals surface area (Å²) in [6, 6.07) is 0.194. The topological polar surface area (TPSA) is 78.7 Å². The molecule has 0 aromatic carbocycles. The highest BCUT2D eigenvalue weighted by atomic mass is 16.2. The first-order chi connectivity index (χ1) is 8.88. The molecule has 0 aromatic heterocycles. The number of carbonyl (C=O) groups is 2. The summed E-state index contributed by atoms with van der Waals surface area (Å²) in [5.74, 6) is -0.0262. The fourth-order valence-electron chi connectivity index (χ4n) is 2.76. The molecule has 0 aliphatic carbocycles. The minimum atomic E-state index is -0.0689. The summed E-state index contributed by atoms with van der Waals surface area (Å²) in [5, 5.41) is 2.73. The van der Waals surface area contributed by atoms with Crippen LogP contribution in [0.4, 0.5) is 0 Å². The van der Waals surface area contributed by atoms with Gasteiger partial charge in [-0.25, -0.2) is 0 Å². The van der Waals surface area contributed by atoms with Crippen LogP contribution in [0.25, 0.3) is 0 Å². The van der Waals surface area contributed by atoms with Gasteiger partial charge in [0, 0.05) is 32.2 Å². The highest BCUT2D eigenvalue weighted by molar-refractivity contribution is 5.86. The summed E-state index contributed by atoms with van der Waals surface area (Å²) >= 11 is 0. The van der Waals surface area contributed by atoms with Gasteiger partial charge in [-0.2, -0.15) is 0 Å². The maximum atomic E-state index is 12.2. The minimum Gasteiger partial charge on any atom is -0.353 e. The largest absolute Gasteiger partial charge is 0.353 e. The Kier molecular flexibility index (Phi) is 4.10. The van der Waals surface area contributed by atoms with Crippen LogP contribution in [-0.2, 0) is 9.59 Å². The lowest BCUT2D eigenvalue weighted by Gasteiger charge is -2.42. The molecule has 0 spiro atoms. The summed E-state index contributed by atoms with van der Waals surface area (Å²) in [4.78, 5) is 27.2. The van der Waals surface area contributed by atoms with E-state index in [-0.39, 0.29) is 29.8 Å². The van der Waals surface area contributed by atoms with Gasteiger partial charge in [0.25, 0.3) is 0 Å². The van der Waals surface area contributed by atoms with E-state index in [0.717, 1.165) is 19.5 Å². The number of amides is 2. The predicted octanol–water partition coefficient (Wildman–Crippen LogP) is -0.996. The van der Waals surface area contributed by atoms with Crippen LogP contribution in [0.5, 0.6) is 0 Å². The van der Waals surface area contributed by atoms with Crippen LogP contribution in [0.2, 0.25) is 0 Å². The molecule has 2 saturated heterocycles. The van der Waals surface area contributed by atoms with Crippen LogP contribution < -0.4 is 11.1 Å². The lowest BCUT2D eigenvalue weighted by atomic mass is 9.80. The molecule has 0 radical (unpaired) electrons. The van der Waals surface area contributed by atoms with Gasteiger partial charge in [-0.3, -0.25) is 14.5 Å². The zero-order valence-corrected chi connectivity index (χ0v) is 11.8. The van der Waals surface area contributed by atoms with Gasteiger partial charge < -0.3 is 16.0 Å². The number of piperazine rings is 1. The normalized spacial score (nSPS) is 28.1. The van der Waals surface area contributed by atoms with E-state index in [1.54, 1.807) is 4.90 Å². The van der Waals surface area contributed by atoms with Crippen molar-refractivity contribution in [2.45, 2.75) is 26.3 Å². The SMILES string of the molecule is CC1(C)CN(CC(=O)N2CCNC(=O)C2)CCC1N. The van der Waals surface area contributed by atoms with E-state index < -0.39 is 0 Å². The van der Waals surface area contributed by atoms with Crippen LogP contribution in [0, 0.1) is 5.41 Å². The fraction of sp³-hybridized carbons (Fsp3) is 0.846. The smallest absolute Gasteiger partial charge is 0.239 e. The van der Waals surface area contributed by atoms with Crippen molar-refractivity contribution in [1.82, 2.24) is 15.1 Å². The van der Waals surface area contributed by atoms with E-state index in [0.29, 0.717) is 19.6 Å². The molecule has 3 N–H and O–H groups in total. The Morgan fingerprint density at radius 1 is 1.47 bits per heavy atom. The summed E-state index contributed by atoms with van der Waals surface area (Å²) in [5.41, 5.74) is 6.13. The first kappa shape index (κ1) is 14.3. The Morgan fingerprint density at radius 3 is 2.84 bits per heavy atom. The molecule has 2 amide bonds. The second kappa shape index (κ2) is 5.46. The van der Waals surface area contributed by atoms with E-state index in [1.807, 2.05) is 0 Å². The lowest BCUT2D eigenvalue weighted by molar-refractivity contribution is -0.139. The molecular formula is C13H24N4O2. The van der Waals surface area contributed by atoms with E-state index in [9.17, 15) is 9.59 Å². The minimum absolute atomic E-state index is 0.0395. The Labute approximate surface area is 114 Å². The number of hydrogen-bond acceptors (Lipinski definition) is 4. The molecule has 1 atom stereocenters. The molecule has 0 bridgehead atoms. The molecule has 2 rings (SSSR count). The van der Waals surface area contributed by atoms with Crippen molar-refractivity contribution in [3.63, 3.8) is 0 Å². The molecule has 6 nitrogen and oxygen atoms in total. The van der Waals surface area contributed by atoms with Gasteiger partial charge in [0.15, 0.2) is 0 Å². The van der Waals surface area contributed by atoms with Crippen LogP contribution in [0.3, 0.4) is 0 Å². The molecular weight excluding hydrogens is 244 g/mol. The molecule has 108 valence electrons. The van der Waals surface area contributed by atoms with E-state index in [1.165, 1.54) is 0 Å². The molecule has 6 heteroatoms. The fourth-order valence-corrected chi connectivity index (χ4v) is 2.76. The van der Waals surface area contributed by atoms with E-state index >= 15 is 0 Å². The van der Waals surface area contributed by atoms with Crippen LogP contribution in [-0.4, -0.2) is 66.9 Å². The third-order valence-electron chi connectivity index (χ3n) is 4.14. The average molecular weight is 268 g/mol. The maximum Gasteiger partial charge on any atom is 0.239 e. The quantitative estimate of drug-likeness (QED) is 0.673. The summed E-state index contributed by atoms with van der Waals surface area (Å²) in [6.45, 7) is 7.73. The van der Waals surface area contributed by atoms with Crippen LogP contribution >= 0.6 is 0 Å². The highest BCUT2D eigenvalue weighted by Crippen LogP contribution is 2.27. The Hall–Kier alpha value is -1.14. The second-order valence-corrected chi connectivity index (χ2v) is 6.26. The third-order valence-corrected chi connectivity index (χ3v) is 4.14. The van der Waals surface area contributed by atoms with Crippen LogP contribution in [0.1, 0.15) is 20.3 Å². The van der Waals surface area contributed by atoms with Crippen molar-refractivity contribution in [3.05, 3.63) is 0 Å². The van der Waals surface area contributed by atoms with Crippen molar-refractivity contribution >= 4 is 11.8 Å². The standard InChI is InChI=1S/C13H24N4O2/c1-13(2)9-16(5-3-10(13)14)8-12(19)17-6-4-15-11(18)7-17/h10H,3-9,14H2,1-2H3,(H,15,18).